The van der Waals surface area contributed by atoms with E-state index in [1.54, 1.807) is 0 Å². The van der Waals surface area contributed by atoms with E-state index in [9.17, 15) is 0 Å². The highest BCUT2D eigenvalue weighted by Gasteiger charge is 2.25. The molecule has 0 saturated carbocycles. The molecule has 1 aliphatic heterocycles. The molecule has 4 heteroatoms. The summed E-state index contributed by atoms with van der Waals surface area (Å²) < 4.78 is 0. The lowest BCUT2D eigenvalue weighted by Crippen LogP contribution is -2.56. The molecular weight excluding hydrogens is 327 g/mol. The Morgan fingerprint density at radius 1 is 0.913 bits per heavy atom. The van der Waals surface area contributed by atoms with E-state index in [1.165, 1.54) is 11.1 Å². The fourth-order valence-electron chi connectivity index (χ4n) is 3.18. The number of hydrogen-bond acceptors (Lipinski definition) is 2. The first kappa shape index (κ1) is 16.8. The van der Waals surface area contributed by atoms with E-state index in [1.807, 2.05) is 24.3 Å². The summed E-state index contributed by atoms with van der Waals surface area (Å²) in [5.74, 6) is 0. The minimum Gasteiger partial charge on any atom is -0.311 e. The van der Waals surface area contributed by atoms with Gasteiger partial charge in [0.15, 0.2) is 0 Å². The van der Waals surface area contributed by atoms with Gasteiger partial charge in [-0.1, -0.05) is 47.5 Å². The van der Waals surface area contributed by atoms with Crippen LogP contribution in [0.1, 0.15) is 11.1 Å². The van der Waals surface area contributed by atoms with Crippen molar-refractivity contribution in [1.29, 1.82) is 0 Å². The fraction of sp³-hybridized carbons (Fsp3) is 0.368. The third kappa shape index (κ3) is 4.71. The minimum absolute atomic E-state index is 0.489. The highest BCUT2D eigenvalue weighted by Crippen LogP contribution is 2.17. The van der Waals surface area contributed by atoms with Crippen molar-refractivity contribution in [2.75, 3.05) is 20.1 Å². The first-order chi connectivity index (χ1) is 11.1. The summed E-state index contributed by atoms with van der Waals surface area (Å²) in [6.45, 7) is 2.07. The molecule has 122 valence electrons. The van der Waals surface area contributed by atoms with Crippen LogP contribution in [0.25, 0.3) is 0 Å². The van der Waals surface area contributed by atoms with Crippen LogP contribution >= 0.6 is 23.2 Å². The first-order valence-electron chi connectivity index (χ1n) is 8.02. The summed E-state index contributed by atoms with van der Waals surface area (Å²) in [4.78, 5) is 2.46. The molecular formula is C19H22Cl2N2. The zero-order valence-corrected chi connectivity index (χ0v) is 14.8. The van der Waals surface area contributed by atoms with Crippen molar-refractivity contribution >= 4 is 23.2 Å². The van der Waals surface area contributed by atoms with Crippen LogP contribution in [-0.4, -0.2) is 37.1 Å². The SMILES string of the molecule is CN1C[C@H](Cc2ccc(Cl)cc2)NC[C@@H]1Cc1ccc(Cl)cc1. The molecule has 0 radical (unpaired) electrons. The van der Waals surface area contributed by atoms with E-state index < -0.39 is 0 Å². The summed E-state index contributed by atoms with van der Waals surface area (Å²) in [5.41, 5.74) is 2.67. The molecule has 0 bridgehead atoms. The van der Waals surface area contributed by atoms with Crippen molar-refractivity contribution in [3.05, 3.63) is 69.7 Å². The molecule has 0 spiro atoms. The van der Waals surface area contributed by atoms with Crippen LogP contribution in [0.15, 0.2) is 48.5 Å². The molecule has 1 fully saturated rings. The van der Waals surface area contributed by atoms with E-state index in [2.05, 4.69) is 41.5 Å². The lowest BCUT2D eigenvalue weighted by molar-refractivity contribution is 0.162. The molecule has 23 heavy (non-hydrogen) atoms. The van der Waals surface area contributed by atoms with Gasteiger partial charge in [-0.3, -0.25) is 0 Å². The Kier molecular flexibility index (Phi) is 5.60. The van der Waals surface area contributed by atoms with Gasteiger partial charge in [0.2, 0.25) is 0 Å². The Morgan fingerprint density at radius 3 is 1.96 bits per heavy atom. The Labute approximate surface area is 148 Å². The fourth-order valence-corrected chi connectivity index (χ4v) is 3.43. The van der Waals surface area contributed by atoms with E-state index in [4.69, 9.17) is 23.2 Å². The quantitative estimate of drug-likeness (QED) is 0.896. The van der Waals surface area contributed by atoms with Crippen LogP contribution in [0, 0.1) is 0 Å². The zero-order chi connectivity index (χ0) is 16.2. The number of benzene rings is 2. The maximum Gasteiger partial charge on any atom is 0.0406 e. The van der Waals surface area contributed by atoms with Crippen LogP contribution in [0.5, 0.6) is 0 Å². The average Bonchev–Trinajstić information content (AvgIpc) is 2.54. The average molecular weight is 349 g/mol. The number of likely N-dealkylation sites (N-methyl/N-ethyl adjacent to an activating group) is 1. The molecule has 3 rings (SSSR count). The molecule has 1 heterocycles. The van der Waals surface area contributed by atoms with Gasteiger partial charge in [0, 0.05) is 35.2 Å². The summed E-state index contributed by atoms with van der Waals surface area (Å²) in [5, 5.41) is 5.29. The first-order valence-corrected chi connectivity index (χ1v) is 8.78. The second-order valence-corrected chi connectivity index (χ2v) is 7.23. The van der Waals surface area contributed by atoms with Crippen molar-refractivity contribution in [2.24, 2.45) is 0 Å². The predicted octanol–water partition coefficient (Wildman–Crippen LogP) is 4.05. The molecule has 2 atom stereocenters. The number of nitrogens with zero attached hydrogens (tertiary/aromatic N) is 1. The van der Waals surface area contributed by atoms with Crippen LogP contribution < -0.4 is 5.32 Å². The van der Waals surface area contributed by atoms with Crippen LogP contribution in [0.3, 0.4) is 0 Å². The van der Waals surface area contributed by atoms with Gasteiger partial charge < -0.3 is 10.2 Å². The van der Waals surface area contributed by atoms with E-state index in [0.29, 0.717) is 12.1 Å². The Hall–Kier alpha value is -1.06. The highest BCUT2D eigenvalue weighted by atomic mass is 35.5. The molecule has 1 saturated heterocycles. The van der Waals surface area contributed by atoms with Gasteiger partial charge in [-0.2, -0.15) is 0 Å². The number of piperazine rings is 1. The highest BCUT2D eigenvalue weighted by molar-refractivity contribution is 6.30. The van der Waals surface area contributed by atoms with E-state index in [-0.39, 0.29) is 0 Å². The lowest BCUT2D eigenvalue weighted by Gasteiger charge is -2.38. The van der Waals surface area contributed by atoms with Crippen molar-refractivity contribution in [1.82, 2.24) is 10.2 Å². The maximum atomic E-state index is 5.96. The minimum atomic E-state index is 0.489. The summed E-state index contributed by atoms with van der Waals surface area (Å²) in [6.07, 6.45) is 2.09. The number of rotatable bonds is 4. The molecule has 2 nitrogen and oxygen atoms in total. The van der Waals surface area contributed by atoms with Gasteiger partial charge in [-0.15, -0.1) is 0 Å². The molecule has 1 N–H and O–H groups in total. The molecule has 0 aliphatic carbocycles. The Bertz CT molecular complexity index is 625. The van der Waals surface area contributed by atoms with E-state index in [0.717, 1.165) is 36.0 Å². The summed E-state index contributed by atoms with van der Waals surface area (Å²) >= 11 is 11.9. The monoisotopic (exact) mass is 348 g/mol. The van der Waals surface area contributed by atoms with Gasteiger partial charge in [0.05, 0.1) is 0 Å². The number of nitrogens with one attached hydrogen (secondary N) is 1. The molecule has 0 unspecified atom stereocenters. The summed E-state index contributed by atoms with van der Waals surface area (Å²) in [6, 6.07) is 17.4. The number of hydrogen-bond donors (Lipinski definition) is 1. The lowest BCUT2D eigenvalue weighted by atomic mass is 9.98. The third-order valence-corrected chi connectivity index (χ3v) is 5.06. The van der Waals surface area contributed by atoms with Gasteiger partial charge in [0.25, 0.3) is 0 Å². The Morgan fingerprint density at radius 2 is 1.43 bits per heavy atom. The largest absolute Gasteiger partial charge is 0.311 e. The molecule has 1 aliphatic rings. The summed E-state index contributed by atoms with van der Waals surface area (Å²) in [7, 11) is 2.22. The standard InChI is InChI=1S/C19H22Cl2N2/c1-23-13-18(10-14-2-6-16(20)7-3-14)22-12-19(23)11-15-4-8-17(21)9-5-15/h2-9,18-19,22H,10-13H2,1H3/t18-,19-/m0/s1. The Balaban J connectivity index is 1.54. The normalized spacial score (nSPS) is 22.2. The van der Waals surface area contributed by atoms with Crippen molar-refractivity contribution in [2.45, 2.75) is 24.9 Å². The van der Waals surface area contributed by atoms with Gasteiger partial charge in [-0.25, -0.2) is 0 Å². The molecule has 0 aromatic heterocycles. The van der Waals surface area contributed by atoms with Gasteiger partial charge in [-0.05, 0) is 55.3 Å². The van der Waals surface area contributed by atoms with Crippen molar-refractivity contribution < 1.29 is 0 Å². The maximum absolute atomic E-state index is 5.96. The molecule has 0 amide bonds. The smallest absolute Gasteiger partial charge is 0.0406 e. The van der Waals surface area contributed by atoms with Crippen molar-refractivity contribution in [3.8, 4) is 0 Å². The van der Waals surface area contributed by atoms with Crippen LogP contribution in [0.2, 0.25) is 10.0 Å². The van der Waals surface area contributed by atoms with Gasteiger partial charge >= 0.3 is 0 Å². The third-order valence-electron chi connectivity index (χ3n) is 4.55. The number of halogens is 2. The topological polar surface area (TPSA) is 15.3 Å². The molecule has 2 aromatic rings. The van der Waals surface area contributed by atoms with Crippen LogP contribution in [-0.2, 0) is 12.8 Å². The predicted molar refractivity (Wildman–Crippen MR) is 98.5 cm³/mol. The zero-order valence-electron chi connectivity index (χ0n) is 13.3. The second kappa shape index (κ2) is 7.67. The van der Waals surface area contributed by atoms with Gasteiger partial charge in [0.1, 0.15) is 0 Å². The van der Waals surface area contributed by atoms with Crippen molar-refractivity contribution in [3.63, 3.8) is 0 Å². The van der Waals surface area contributed by atoms with E-state index >= 15 is 0 Å². The molecule has 2 aromatic carbocycles. The second-order valence-electron chi connectivity index (χ2n) is 6.36. The van der Waals surface area contributed by atoms with Crippen LogP contribution in [0.4, 0.5) is 0 Å².